The van der Waals surface area contributed by atoms with E-state index in [-0.39, 0.29) is 102 Å². The molecule has 3 aromatic carbocycles. The SMILES string of the molecule is CNC(=O)CCOCCOCCOCCOCCOCCOCCOCCOCCOCCOCCOCCOCCNC(=O)OCCOCCOCCOc1cc(NC2CCN(S(=O)(=O)C(F)(F)F)CC2)c2cc(C(c3ccc(Cl)cc3)c3ccc(Cl)cc3)ccc2n1. The third-order valence-corrected chi connectivity index (χ3v) is 15.8. The lowest BCUT2D eigenvalue weighted by atomic mass is 9.84. The van der Waals surface area contributed by atoms with E-state index < -0.39 is 21.6 Å². The van der Waals surface area contributed by atoms with Gasteiger partial charge in [-0.05, 0) is 65.9 Å². The molecule has 1 saturated heterocycles. The number of benzene rings is 3. The molecule has 530 valence electrons. The Morgan fingerprint density at radius 3 is 1.30 bits per heavy atom. The monoisotopic (exact) mass is 1400 g/mol. The smallest absolute Gasteiger partial charge is 0.475 e. The molecule has 94 heavy (non-hydrogen) atoms. The summed E-state index contributed by atoms with van der Waals surface area (Å²) in [4.78, 5) is 27.9. The topological polar surface area (TPSA) is 268 Å². The van der Waals surface area contributed by atoms with Crippen LogP contribution in [0.5, 0.6) is 5.88 Å². The molecule has 31 heteroatoms. The Labute approximate surface area is 558 Å². The molecule has 2 heterocycles. The number of nitrogens with one attached hydrogen (secondary N) is 3. The summed E-state index contributed by atoms with van der Waals surface area (Å²) in [6, 6.07) is 22.3. The van der Waals surface area contributed by atoms with Crippen LogP contribution >= 0.6 is 23.2 Å². The first-order chi connectivity index (χ1) is 45.7. The number of carbonyl (C=O) groups excluding carboxylic acids is 2. The van der Waals surface area contributed by atoms with E-state index >= 15 is 0 Å². The van der Waals surface area contributed by atoms with E-state index in [2.05, 4.69) is 16.0 Å². The molecule has 2 amide bonds. The lowest BCUT2D eigenvalue weighted by molar-refractivity contribution is -0.121. The van der Waals surface area contributed by atoms with Gasteiger partial charge in [0.2, 0.25) is 11.8 Å². The van der Waals surface area contributed by atoms with Gasteiger partial charge in [-0.3, -0.25) is 4.79 Å². The number of fused-ring (bicyclic) bond motifs is 1. The fraction of sp³-hybridized carbons (Fsp3) is 0.635. The second kappa shape index (κ2) is 48.8. The van der Waals surface area contributed by atoms with Crippen molar-refractivity contribution in [2.45, 2.75) is 36.7 Å². The molecule has 0 spiro atoms. The number of carbonyl (C=O) groups is 2. The van der Waals surface area contributed by atoms with Gasteiger partial charge in [0.05, 0.1) is 191 Å². The van der Waals surface area contributed by atoms with Crippen molar-refractivity contribution in [3.8, 4) is 5.88 Å². The zero-order chi connectivity index (χ0) is 67.2. The van der Waals surface area contributed by atoms with Crippen molar-refractivity contribution in [3.63, 3.8) is 0 Å². The minimum Gasteiger partial charge on any atom is -0.475 e. The van der Waals surface area contributed by atoms with Crippen LogP contribution in [0.2, 0.25) is 10.0 Å². The summed E-state index contributed by atoms with van der Waals surface area (Å²) in [7, 11) is -3.86. The quantitative estimate of drug-likeness (QED) is 0.0299. The average Bonchev–Trinajstić information content (AvgIpc) is 0.828. The highest BCUT2D eigenvalue weighted by Crippen LogP contribution is 2.38. The van der Waals surface area contributed by atoms with E-state index in [9.17, 15) is 31.2 Å². The Bertz CT molecular complexity index is 2720. The van der Waals surface area contributed by atoms with Gasteiger partial charge in [0.25, 0.3) is 0 Å². The van der Waals surface area contributed by atoms with Crippen molar-refractivity contribution in [1.82, 2.24) is 19.9 Å². The van der Waals surface area contributed by atoms with Gasteiger partial charge in [-0.1, -0.05) is 53.5 Å². The Hall–Kier alpha value is -4.87. The first kappa shape index (κ1) is 79.8. The molecule has 3 N–H and O–H groups in total. The first-order valence-corrected chi connectivity index (χ1v) is 33.6. The fourth-order valence-electron chi connectivity index (χ4n) is 8.89. The van der Waals surface area contributed by atoms with Crippen LogP contribution in [0, 0.1) is 0 Å². The standard InChI is InChI=1S/C63H92Cl2F3N5O20S/c1-69-59(74)14-18-78-20-22-80-24-26-82-28-30-84-32-34-86-36-38-88-40-41-89-39-37-87-35-33-85-31-29-83-27-25-81-23-21-79-19-15-70-62(75)93-47-45-91-43-42-90-44-46-92-60-49-58(71-55-12-16-73(17-13-55)94(76,77)63(66,67)68)56-48-52(6-11-57(56)72-60)61(50-2-7-53(64)8-3-50)51-4-9-54(65)10-5-51/h2-11,48-49,55,61H,12-47H2,1H3,(H,69,74)(H,70,75)(H,71,72). The summed E-state index contributed by atoms with van der Waals surface area (Å²) >= 11 is 12.5. The molecule has 0 radical (unpaired) electrons. The van der Waals surface area contributed by atoms with Gasteiger partial charge in [0.15, 0.2) is 0 Å². The Morgan fingerprint density at radius 1 is 0.521 bits per heavy atom. The van der Waals surface area contributed by atoms with Crippen molar-refractivity contribution in [1.29, 1.82) is 0 Å². The normalized spacial score (nSPS) is 13.3. The zero-order valence-corrected chi connectivity index (χ0v) is 55.7. The number of hydrogen-bond acceptors (Lipinski definition) is 22. The van der Waals surface area contributed by atoms with Crippen LogP contribution in [0.1, 0.15) is 41.9 Å². The number of alkyl carbamates (subject to hydrolysis) is 1. The van der Waals surface area contributed by atoms with Crippen LogP contribution in [0.15, 0.2) is 72.8 Å². The minimum absolute atomic E-state index is 0.0279. The minimum atomic E-state index is -5.45. The van der Waals surface area contributed by atoms with Crippen molar-refractivity contribution in [2.75, 3.05) is 230 Å². The highest BCUT2D eigenvalue weighted by Gasteiger charge is 2.50. The number of ether oxygens (including phenoxy) is 16. The largest absolute Gasteiger partial charge is 0.511 e. The number of amides is 2. The van der Waals surface area contributed by atoms with Gasteiger partial charge in [0.1, 0.15) is 13.2 Å². The highest BCUT2D eigenvalue weighted by molar-refractivity contribution is 7.90. The number of rotatable bonds is 55. The third-order valence-electron chi connectivity index (χ3n) is 13.7. The van der Waals surface area contributed by atoms with E-state index in [4.69, 9.17) is 104 Å². The van der Waals surface area contributed by atoms with Crippen LogP contribution < -0.4 is 20.7 Å². The predicted molar refractivity (Wildman–Crippen MR) is 344 cm³/mol. The molecule has 25 nitrogen and oxygen atoms in total. The molecular weight excluding hydrogens is 1310 g/mol. The number of pyridine rings is 1. The predicted octanol–water partition coefficient (Wildman–Crippen LogP) is 6.92. The maximum absolute atomic E-state index is 13.4. The van der Waals surface area contributed by atoms with Gasteiger partial charge < -0.3 is 91.7 Å². The van der Waals surface area contributed by atoms with Crippen molar-refractivity contribution < 1.29 is 107 Å². The average molecular weight is 1400 g/mol. The molecule has 0 saturated carbocycles. The lowest BCUT2D eigenvalue weighted by Gasteiger charge is -2.32. The zero-order valence-electron chi connectivity index (χ0n) is 53.4. The second-order valence-electron chi connectivity index (χ2n) is 20.5. The fourth-order valence-corrected chi connectivity index (χ4v) is 10.1. The summed E-state index contributed by atoms with van der Waals surface area (Å²) in [5, 5.41) is 10.5. The summed E-state index contributed by atoms with van der Waals surface area (Å²) in [5.74, 6) is -0.0185. The van der Waals surface area contributed by atoms with E-state index in [0.29, 0.717) is 184 Å². The molecule has 0 atom stereocenters. The molecular formula is C63H92Cl2F3N5O20S. The van der Waals surface area contributed by atoms with Crippen LogP contribution in [-0.2, 0) is 85.9 Å². The van der Waals surface area contributed by atoms with Crippen LogP contribution in [0.3, 0.4) is 0 Å². The van der Waals surface area contributed by atoms with E-state index in [0.717, 1.165) is 22.1 Å². The van der Waals surface area contributed by atoms with Crippen LogP contribution in [0.25, 0.3) is 10.9 Å². The number of nitrogens with zero attached hydrogens (tertiary/aromatic N) is 2. The van der Waals surface area contributed by atoms with E-state index in [1.54, 1.807) is 13.1 Å². The summed E-state index contributed by atoms with van der Waals surface area (Å²) < 4.78 is 153. The molecule has 0 unspecified atom stereocenters. The van der Waals surface area contributed by atoms with E-state index in [1.807, 2.05) is 66.7 Å². The molecule has 4 aromatic rings. The molecule has 1 aliphatic heterocycles. The van der Waals surface area contributed by atoms with Crippen molar-refractivity contribution >= 4 is 61.8 Å². The molecule has 1 aliphatic rings. The van der Waals surface area contributed by atoms with Gasteiger partial charge >= 0.3 is 21.6 Å². The number of piperidine rings is 1. The maximum Gasteiger partial charge on any atom is 0.511 e. The number of alkyl halides is 3. The van der Waals surface area contributed by atoms with E-state index in [1.165, 1.54) is 0 Å². The summed E-state index contributed by atoms with van der Waals surface area (Å²) in [6.45, 7) is 10.9. The number of hydrogen-bond donors (Lipinski definition) is 3. The molecule has 5 rings (SSSR count). The Balaban J connectivity index is 0.788. The first-order valence-electron chi connectivity index (χ1n) is 31.4. The number of anilines is 1. The van der Waals surface area contributed by atoms with Gasteiger partial charge in [-0.2, -0.15) is 17.5 Å². The summed E-state index contributed by atoms with van der Waals surface area (Å²) in [5.41, 5.74) is -1.34. The molecule has 1 aromatic heterocycles. The third kappa shape index (κ3) is 33.9. The van der Waals surface area contributed by atoms with Crippen LogP contribution in [0.4, 0.5) is 23.7 Å². The number of sulfonamides is 1. The molecule has 0 aliphatic carbocycles. The Kier molecular flexibility index (Phi) is 41.4. The second-order valence-corrected chi connectivity index (χ2v) is 23.3. The Morgan fingerprint density at radius 2 is 0.894 bits per heavy atom. The van der Waals surface area contributed by atoms with Crippen LogP contribution in [-0.4, -0.2) is 266 Å². The van der Waals surface area contributed by atoms with Crippen molar-refractivity contribution in [3.05, 3.63) is 99.5 Å². The number of aromatic nitrogens is 1. The number of halogens is 5. The van der Waals surface area contributed by atoms with Gasteiger partial charge in [-0.15, -0.1) is 0 Å². The van der Waals surface area contributed by atoms with Gasteiger partial charge in [-0.25, -0.2) is 18.2 Å². The molecule has 1 fully saturated rings. The highest BCUT2D eigenvalue weighted by atomic mass is 35.5. The molecule has 0 bridgehead atoms. The summed E-state index contributed by atoms with van der Waals surface area (Å²) in [6.07, 6.45) is -0.00768. The maximum atomic E-state index is 13.4. The lowest BCUT2D eigenvalue weighted by Crippen LogP contribution is -2.47. The van der Waals surface area contributed by atoms with Crippen molar-refractivity contribution in [2.24, 2.45) is 0 Å². The van der Waals surface area contributed by atoms with Gasteiger partial charge in [0, 0.05) is 72.2 Å².